The fraction of sp³-hybridized carbons (Fsp3) is 0.500. The molecule has 11 heteroatoms. The molecular formula is C28H32FN5O4S. The Bertz CT molecular complexity index is 1370. The number of hydrogen-bond acceptors (Lipinski definition) is 9. The first-order valence-electron chi connectivity index (χ1n) is 13.4. The summed E-state index contributed by atoms with van der Waals surface area (Å²) in [4.78, 5) is 26.0. The zero-order chi connectivity index (χ0) is 27.1. The summed E-state index contributed by atoms with van der Waals surface area (Å²) in [5, 5.41) is 10.5. The maximum absolute atomic E-state index is 15.1. The Morgan fingerprint density at radius 2 is 2.08 bits per heavy atom. The second-order valence-electron chi connectivity index (χ2n) is 10.8. The lowest BCUT2D eigenvalue weighted by molar-refractivity contribution is -0.0185. The lowest BCUT2D eigenvalue weighted by Gasteiger charge is -2.38. The Kier molecular flexibility index (Phi) is 6.98. The van der Waals surface area contributed by atoms with Crippen molar-refractivity contribution in [3.05, 3.63) is 53.2 Å². The SMILES string of the molecule is CC(C)c1nsc(N2CCC3(CC2)Cc2cc(-c4ccc(C(=O)N5CCOCC5CO)c(F)c4)ncc2O3)n1. The van der Waals surface area contributed by atoms with Gasteiger partial charge in [0.05, 0.1) is 43.3 Å². The van der Waals surface area contributed by atoms with Crippen molar-refractivity contribution in [3.63, 3.8) is 0 Å². The molecule has 39 heavy (non-hydrogen) atoms. The number of aliphatic hydroxyl groups is 1. The Labute approximate surface area is 230 Å². The molecular weight excluding hydrogens is 521 g/mol. The largest absolute Gasteiger partial charge is 0.485 e. The van der Waals surface area contributed by atoms with Gasteiger partial charge in [0.1, 0.15) is 23.0 Å². The van der Waals surface area contributed by atoms with Gasteiger partial charge in [-0.1, -0.05) is 19.9 Å². The number of amides is 1. The number of rotatable bonds is 5. The normalized spacial score (nSPS) is 20.4. The van der Waals surface area contributed by atoms with Gasteiger partial charge in [-0.25, -0.2) is 9.37 Å². The van der Waals surface area contributed by atoms with E-state index in [0.717, 1.165) is 54.6 Å². The number of anilines is 1. The molecule has 1 spiro atoms. The van der Waals surface area contributed by atoms with Crippen molar-refractivity contribution in [1.82, 2.24) is 19.2 Å². The highest BCUT2D eigenvalue weighted by atomic mass is 32.1. The van der Waals surface area contributed by atoms with Crippen LogP contribution in [0.2, 0.25) is 0 Å². The Hall–Kier alpha value is -3.15. The predicted octanol–water partition coefficient (Wildman–Crippen LogP) is 3.67. The van der Waals surface area contributed by atoms with Crippen molar-refractivity contribution in [3.8, 4) is 17.0 Å². The maximum atomic E-state index is 15.1. The number of hydrogen-bond donors (Lipinski definition) is 1. The van der Waals surface area contributed by atoms with Gasteiger partial charge in [-0.15, -0.1) is 0 Å². The number of aromatic nitrogens is 3. The fourth-order valence-corrected chi connectivity index (χ4v) is 6.40. The van der Waals surface area contributed by atoms with Gasteiger partial charge >= 0.3 is 0 Å². The van der Waals surface area contributed by atoms with Crippen molar-refractivity contribution < 1.29 is 23.8 Å². The topological polar surface area (TPSA) is 101 Å². The molecule has 1 aromatic carbocycles. The van der Waals surface area contributed by atoms with Gasteiger partial charge in [-0.3, -0.25) is 9.78 Å². The molecule has 1 N–H and O–H groups in total. The van der Waals surface area contributed by atoms with E-state index in [1.807, 2.05) is 6.07 Å². The summed E-state index contributed by atoms with van der Waals surface area (Å²) >= 11 is 1.46. The summed E-state index contributed by atoms with van der Waals surface area (Å²) in [7, 11) is 0. The van der Waals surface area contributed by atoms with E-state index in [1.165, 1.54) is 28.6 Å². The third kappa shape index (κ3) is 4.99. The standard InChI is InChI=1S/C28H32FN5O4S/c1-17(2)25-31-27(39-32-25)33-7-5-28(6-8-33)13-19-12-23(30-14-24(19)38-28)18-3-4-21(22(29)11-18)26(36)34-9-10-37-16-20(34)15-35/h3-4,11-12,14,17,20,35H,5-10,13,15-16H2,1-2H3. The Morgan fingerprint density at radius 1 is 1.26 bits per heavy atom. The number of benzene rings is 1. The highest BCUT2D eigenvalue weighted by Gasteiger charge is 2.43. The van der Waals surface area contributed by atoms with E-state index in [0.29, 0.717) is 30.3 Å². The number of piperidine rings is 1. The van der Waals surface area contributed by atoms with Crippen molar-refractivity contribution in [2.45, 2.75) is 50.7 Å². The number of fused-ring (bicyclic) bond motifs is 1. The van der Waals surface area contributed by atoms with E-state index in [2.05, 4.69) is 28.1 Å². The lowest BCUT2D eigenvalue weighted by atomic mass is 9.87. The average Bonchev–Trinajstić information content (AvgIpc) is 3.58. The summed E-state index contributed by atoms with van der Waals surface area (Å²) in [6, 6.07) is 6.07. The van der Waals surface area contributed by atoms with Gasteiger partial charge in [0, 0.05) is 67.5 Å². The van der Waals surface area contributed by atoms with Crippen LogP contribution in [-0.4, -0.2) is 81.4 Å². The second kappa shape index (κ2) is 10.4. The molecule has 3 aliphatic rings. The zero-order valence-electron chi connectivity index (χ0n) is 22.1. The summed E-state index contributed by atoms with van der Waals surface area (Å²) < 4.78 is 31.4. The summed E-state index contributed by atoms with van der Waals surface area (Å²) in [6.07, 6.45) is 4.24. The molecule has 1 atom stereocenters. The molecule has 2 fully saturated rings. The molecule has 2 aromatic heterocycles. The van der Waals surface area contributed by atoms with Gasteiger partial charge in [-0.2, -0.15) is 4.37 Å². The van der Waals surface area contributed by atoms with Crippen LogP contribution in [0.1, 0.15) is 54.4 Å². The highest BCUT2D eigenvalue weighted by Crippen LogP contribution is 2.42. The highest BCUT2D eigenvalue weighted by molar-refractivity contribution is 7.09. The summed E-state index contributed by atoms with van der Waals surface area (Å²) in [5.74, 6) is 0.927. The minimum Gasteiger partial charge on any atom is -0.485 e. The van der Waals surface area contributed by atoms with Crippen LogP contribution in [0.4, 0.5) is 9.52 Å². The molecule has 3 aromatic rings. The first-order chi connectivity index (χ1) is 18.9. The molecule has 9 nitrogen and oxygen atoms in total. The Balaban J connectivity index is 1.14. The van der Waals surface area contributed by atoms with E-state index in [-0.39, 0.29) is 24.4 Å². The van der Waals surface area contributed by atoms with E-state index < -0.39 is 17.8 Å². The number of carbonyl (C=O) groups is 1. The van der Waals surface area contributed by atoms with Crippen LogP contribution in [0.25, 0.3) is 11.3 Å². The first kappa shape index (κ1) is 26.1. The molecule has 5 heterocycles. The van der Waals surface area contributed by atoms with Gasteiger partial charge in [0.15, 0.2) is 0 Å². The minimum absolute atomic E-state index is 0.0229. The summed E-state index contributed by atoms with van der Waals surface area (Å²) in [6.45, 7) is 6.59. The number of ether oxygens (including phenoxy) is 2. The van der Waals surface area contributed by atoms with Crippen LogP contribution < -0.4 is 9.64 Å². The van der Waals surface area contributed by atoms with E-state index in [1.54, 1.807) is 12.3 Å². The second-order valence-corrected chi connectivity index (χ2v) is 11.6. The van der Waals surface area contributed by atoms with E-state index in [4.69, 9.17) is 14.5 Å². The van der Waals surface area contributed by atoms with Crippen LogP contribution in [0, 0.1) is 5.82 Å². The van der Waals surface area contributed by atoms with Crippen molar-refractivity contribution in [1.29, 1.82) is 0 Å². The molecule has 206 valence electrons. The first-order valence-corrected chi connectivity index (χ1v) is 14.2. The molecule has 3 aliphatic heterocycles. The average molecular weight is 554 g/mol. The van der Waals surface area contributed by atoms with Crippen LogP contribution in [-0.2, 0) is 11.2 Å². The number of aliphatic hydroxyl groups excluding tert-OH is 1. The molecule has 6 rings (SSSR count). The van der Waals surface area contributed by atoms with Crippen molar-refractivity contribution >= 4 is 22.6 Å². The smallest absolute Gasteiger partial charge is 0.257 e. The van der Waals surface area contributed by atoms with Crippen LogP contribution in [0.15, 0.2) is 30.5 Å². The monoisotopic (exact) mass is 553 g/mol. The van der Waals surface area contributed by atoms with Crippen LogP contribution in [0.3, 0.4) is 0 Å². The van der Waals surface area contributed by atoms with E-state index >= 15 is 4.39 Å². The number of halogens is 1. The van der Waals surface area contributed by atoms with Gasteiger partial charge in [-0.05, 0) is 18.2 Å². The quantitative estimate of drug-likeness (QED) is 0.511. The molecule has 2 saturated heterocycles. The Morgan fingerprint density at radius 3 is 2.79 bits per heavy atom. The number of morpholine rings is 1. The molecule has 0 radical (unpaired) electrons. The van der Waals surface area contributed by atoms with Crippen LogP contribution in [0.5, 0.6) is 5.75 Å². The number of nitrogens with zero attached hydrogens (tertiary/aromatic N) is 5. The molecule has 0 bridgehead atoms. The van der Waals surface area contributed by atoms with Crippen molar-refractivity contribution in [2.24, 2.45) is 0 Å². The van der Waals surface area contributed by atoms with Crippen molar-refractivity contribution in [2.75, 3.05) is 44.4 Å². The number of pyridine rings is 1. The van der Waals surface area contributed by atoms with Gasteiger partial charge in [0.2, 0.25) is 5.13 Å². The third-order valence-corrected chi connectivity index (χ3v) is 8.67. The molecule has 1 unspecified atom stereocenters. The maximum Gasteiger partial charge on any atom is 0.257 e. The summed E-state index contributed by atoms with van der Waals surface area (Å²) in [5.41, 5.74) is 2.00. The van der Waals surface area contributed by atoms with Gasteiger partial charge in [0.25, 0.3) is 5.91 Å². The molecule has 1 amide bonds. The number of carbonyl (C=O) groups excluding carboxylic acids is 1. The van der Waals surface area contributed by atoms with E-state index in [9.17, 15) is 9.90 Å². The fourth-order valence-electron chi connectivity index (χ4n) is 5.54. The minimum atomic E-state index is -0.611. The van der Waals surface area contributed by atoms with Crippen LogP contribution >= 0.6 is 11.5 Å². The predicted molar refractivity (Wildman–Crippen MR) is 145 cm³/mol. The molecule has 0 saturated carbocycles. The molecule has 0 aliphatic carbocycles. The van der Waals surface area contributed by atoms with Gasteiger partial charge < -0.3 is 24.4 Å². The zero-order valence-corrected chi connectivity index (χ0v) is 22.9. The lowest BCUT2D eigenvalue weighted by Crippen LogP contribution is -2.50. The third-order valence-electron chi connectivity index (χ3n) is 7.87.